The molecule has 0 radical (unpaired) electrons. The molecular formula is C18H17FN4O2. The third-order valence-corrected chi connectivity index (χ3v) is 4.34. The first-order valence-corrected chi connectivity index (χ1v) is 8.14. The Kier molecular flexibility index (Phi) is 4.15. The molecule has 2 heterocycles. The second-order valence-electron chi connectivity index (χ2n) is 5.99. The summed E-state index contributed by atoms with van der Waals surface area (Å²) < 4.78 is 20.7. The van der Waals surface area contributed by atoms with Gasteiger partial charge in [0, 0.05) is 6.54 Å². The molecule has 6 nitrogen and oxygen atoms in total. The summed E-state index contributed by atoms with van der Waals surface area (Å²) >= 11 is 0. The van der Waals surface area contributed by atoms with E-state index in [1.165, 1.54) is 12.1 Å². The number of benzene rings is 2. The largest absolute Gasteiger partial charge is 0.370 e. The molecule has 4 rings (SSSR count). The zero-order valence-electron chi connectivity index (χ0n) is 13.5. The Labute approximate surface area is 143 Å². The molecular weight excluding hydrogens is 323 g/mol. The number of morpholine rings is 1. The average molecular weight is 340 g/mol. The van der Waals surface area contributed by atoms with Crippen molar-refractivity contribution in [3.63, 3.8) is 0 Å². The molecule has 0 bridgehead atoms. The Morgan fingerprint density at radius 3 is 3.00 bits per heavy atom. The summed E-state index contributed by atoms with van der Waals surface area (Å²) in [6.07, 6.45) is -0.319. The number of hydrogen-bond acceptors (Lipinski definition) is 4. The van der Waals surface area contributed by atoms with E-state index in [-0.39, 0.29) is 24.4 Å². The highest BCUT2D eigenvalue weighted by atomic mass is 19.1. The van der Waals surface area contributed by atoms with E-state index in [9.17, 15) is 9.18 Å². The van der Waals surface area contributed by atoms with Crippen LogP contribution in [0.5, 0.6) is 0 Å². The summed E-state index contributed by atoms with van der Waals surface area (Å²) in [7, 11) is 0. The molecule has 0 spiro atoms. The fourth-order valence-electron chi connectivity index (χ4n) is 3.05. The standard InChI is InChI=1S/C18H17FN4O2/c19-14-5-3-4-13(10-14)17-11-22(8-9-25-17)18(24)12-23-16-7-2-1-6-15(16)20-21-23/h1-7,10,17H,8-9,11-12H2/t17-/m1/s1. The van der Waals surface area contributed by atoms with Gasteiger partial charge in [-0.1, -0.05) is 29.5 Å². The predicted molar refractivity (Wildman–Crippen MR) is 89.2 cm³/mol. The van der Waals surface area contributed by atoms with E-state index < -0.39 is 0 Å². The van der Waals surface area contributed by atoms with Crippen LogP contribution in [0.3, 0.4) is 0 Å². The van der Waals surface area contributed by atoms with E-state index >= 15 is 0 Å². The van der Waals surface area contributed by atoms with Crippen LogP contribution in [0.25, 0.3) is 11.0 Å². The SMILES string of the molecule is O=C(Cn1nnc2ccccc21)N1CCO[C@@H](c2cccc(F)c2)C1. The minimum atomic E-state index is -0.319. The maximum absolute atomic E-state index is 13.4. The highest BCUT2D eigenvalue weighted by Crippen LogP contribution is 2.23. The molecule has 1 atom stereocenters. The number of ether oxygens (including phenoxy) is 1. The number of carbonyl (C=O) groups excluding carboxylic acids is 1. The van der Waals surface area contributed by atoms with Crippen LogP contribution in [0, 0.1) is 5.82 Å². The molecule has 25 heavy (non-hydrogen) atoms. The Morgan fingerprint density at radius 2 is 2.12 bits per heavy atom. The lowest BCUT2D eigenvalue weighted by molar-refractivity contribution is -0.139. The van der Waals surface area contributed by atoms with E-state index in [1.807, 2.05) is 30.3 Å². The van der Waals surface area contributed by atoms with Crippen molar-refractivity contribution < 1.29 is 13.9 Å². The third kappa shape index (κ3) is 3.23. The second-order valence-corrected chi connectivity index (χ2v) is 5.99. The summed E-state index contributed by atoms with van der Waals surface area (Å²) in [4.78, 5) is 14.4. The molecule has 1 aliphatic heterocycles. The lowest BCUT2D eigenvalue weighted by Gasteiger charge is -2.33. The number of carbonyl (C=O) groups is 1. The van der Waals surface area contributed by atoms with E-state index in [4.69, 9.17) is 4.74 Å². The Balaban J connectivity index is 1.48. The fraction of sp³-hybridized carbons (Fsp3) is 0.278. The molecule has 1 amide bonds. The summed E-state index contributed by atoms with van der Waals surface area (Å²) in [6.45, 7) is 1.45. The number of nitrogens with zero attached hydrogens (tertiary/aromatic N) is 4. The van der Waals surface area contributed by atoms with Crippen molar-refractivity contribution in [3.8, 4) is 0 Å². The lowest BCUT2D eigenvalue weighted by atomic mass is 10.1. The number of aromatic nitrogens is 3. The Hall–Kier alpha value is -2.80. The van der Waals surface area contributed by atoms with E-state index in [0.29, 0.717) is 19.7 Å². The maximum atomic E-state index is 13.4. The van der Waals surface area contributed by atoms with Gasteiger partial charge in [0.15, 0.2) is 0 Å². The van der Waals surface area contributed by atoms with Gasteiger partial charge in [0.25, 0.3) is 0 Å². The molecule has 3 aromatic rings. The van der Waals surface area contributed by atoms with Crippen LogP contribution in [-0.4, -0.2) is 45.5 Å². The Bertz CT molecular complexity index is 911. The van der Waals surface area contributed by atoms with Gasteiger partial charge in [-0.3, -0.25) is 4.79 Å². The van der Waals surface area contributed by atoms with Crippen molar-refractivity contribution in [3.05, 3.63) is 59.9 Å². The second kappa shape index (κ2) is 6.60. The van der Waals surface area contributed by atoms with Crippen LogP contribution in [0.4, 0.5) is 4.39 Å². The first kappa shape index (κ1) is 15.7. The van der Waals surface area contributed by atoms with Crippen molar-refractivity contribution in [1.29, 1.82) is 0 Å². The zero-order chi connectivity index (χ0) is 17.2. The number of halogens is 1. The zero-order valence-corrected chi connectivity index (χ0v) is 13.5. The van der Waals surface area contributed by atoms with Crippen molar-refractivity contribution >= 4 is 16.9 Å². The predicted octanol–water partition coefficient (Wildman–Crippen LogP) is 2.17. The van der Waals surface area contributed by atoms with E-state index in [1.54, 1.807) is 15.6 Å². The van der Waals surface area contributed by atoms with Crippen molar-refractivity contribution in [2.75, 3.05) is 19.7 Å². The highest BCUT2D eigenvalue weighted by Gasteiger charge is 2.26. The number of rotatable bonds is 3. The number of hydrogen-bond donors (Lipinski definition) is 0. The third-order valence-electron chi connectivity index (χ3n) is 4.34. The molecule has 1 aliphatic rings. The minimum Gasteiger partial charge on any atom is -0.370 e. The summed E-state index contributed by atoms with van der Waals surface area (Å²) in [6, 6.07) is 13.8. The van der Waals surface area contributed by atoms with Gasteiger partial charge in [-0.2, -0.15) is 0 Å². The molecule has 1 fully saturated rings. The molecule has 1 aromatic heterocycles. The molecule has 2 aromatic carbocycles. The average Bonchev–Trinajstić information content (AvgIpc) is 3.05. The van der Waals surface area contributed by atoms with Crippen LogP contribution < -0.4 is 0 Å². The maximum Gasteiger partial charge on any atom is 0.244 e. The first-order chi connectivity index (χ1) is 12.2. The monoisotopic (exact) mass is 340 g/mol. The molecule has 0 aliphatic carbocycles. The van der Waals surface area contributed by atoms with Crippen LogP contribution in [0.1, 0.15) is 11.7 Å². The summed E-state index contributed by atoms with van der Waals surface area (Å²) in [5.74, 6) is -0.362. The Morgan fingerprint density at radius 1 is 1.24 bits per heavy atom. The van der Waals surface area contributed by atoms with Gasteiger partial charge in [-0.15, -0.1) is 5.10 Å². The molecule has 7 heteroatoms. The lowest BCUT2D eigenvalue weighted by Crippen LogP contribution is -2.43. The van der Waals surface area contributed by atoms with Gasteiger partial charge in [0.05, 0.1) is 18.7 Å². The quantitative estimate of drug-likeness (QED) is 0.733. The smallest absolute Gasteiger partial charge is 0.244 e. The van der Waals surface area contributed by atoms with E-state index in [0.717, 1.165) is 16.6 Å². The van der Waals surface area contributed by atoms with Gasteiger partial charge in [0.2, 0.25) is 5.91 Å². The van der Waals surface area contributed by atoms with Gasteiger partial charge in [-0.05, 0) is 29.8 Å². The van der Waals surface area contributed by atoms with Crippen LogP contribution in [0.15, 0.2) is 48.5 Å². The van der Waals surface area contributed by atoms with Crippen molar-refractivity contribution in [2.24, 2.45) is 0 Å². The molecule has 0 N–H and O–H groups in total. The molecule has 1 saturated heterocycles. The number of amides is 1. The number of fused-ring (bicyclic) bond motifs is 1. The summed E-state index contributed by atoms with van der Waals surface area (Å²) in [5.41, 5.74) is 2.32. The van der Waals surface area contributed by atoms with Gasteiger partial charge in [0.1, 0.15) is 24.0 Å². The van der Waals surface area contributed by atoms with Gasteiger partial charge >= 0.3 is 0 Å². The highest BCUT2D eigenvalue weighted by molar-refractivity contribution is 5.79. The number of para-hydroxylation sites is 1. The van der Waals surface area contributed by atoms with Gasteiger partial charge < -0.3 is 9.64 Å². The normalized spacial score (nSPS) is 17.8. The van der Waals surface area contributed by atoms with Crippen LogP contribution in [0.2, 0.25) is 0 Å². The topological polar surface area (TPSA) is 60.2 Å². The van der Waals surface area contributed by atoms with Crippen LogP contribution in [-0.2, 0) is 16.1 Å². The molecule has 0 saturated carbocycles. The minimum absolute atomic E-state index is 0.0552. The summed E-state index contributed by atoms with van der Waals surface area (Å²) in [5, 5.41) is 8.12. The van der Waals surface area contributed by atoms with Gasteiger partial charge in [-0.25, -0.2) is 9.07 Å². The molecule has 128 valence electrons. The van der Waals surface area contributed by atoms with Crippen molar-refractivity contribution in [1.82, 2.24) is 19.9 Å². The van der Waals surface area contributed by atoms with Crippen molar-refractivity contribution in [2.45, 2.75) is 12.6 Å². The van der Waals surface area contributed by atoms with E-state index in [2.05, 4.69) is 10.3 Å². The molecule has 0 unspecified atom stereocenters. The fourth-order valence-corrected chi connectivity index (χ4v) is 3.05. The van der Waals surface area contributed by atoms with Crippen LogP contribution >= 0.6 is 0 Å². The first-order valence-electron chi connectivity index (χ1n) is 8.14.